The quantitative estimate of drug-likeness (QED) is 0.799. The van der Waals surface area contributed by atoms with Crippen LogP contribution in [0.25, 0.3) is 0 Å². The van der Waals surface area contributed by atoms with Crippen molar-refractivity contribution in [1.82, 2.24) is 4.90 Å². The number of halogens is 3. The number of nitrogens with zero attached hydrogens (tertiary/aromatic N) is 1. The number of rotatable bonds is 4. The molecule has 116 valence electrons. The second kappa shape index (κ2) is 7.18. The molecule has 1 aromatic carbocycles. The molecule has 3 nitrogen and oxygen atoms in total. The summed E-state index contributed by atoms with van der Waals surface area (Å²) in [6.45, 7) is 2.06. The number of amides is 1. The minimum atomic E-state index is -0.857. The van der Waals surface area contributed by atoms with Crippen LogP contribution >= 0.6 is 11.6 Å². The van der Waals surface area contributed by atoms with Crippen molar-refractivity contribution in [2.45, 2.75) is 19.3 Å². The molecule has 0 bridgehead atoms. The van der Waals surface area contributed by atoms with Gasteiger partial charge in [0.2, 0.25) is 5.91 Å². The molecule has 0 saturated carbocycles. The maximum Gasteiger partial charge on any atom is 0.226 e. The Balaban J connectivity index is 1.95. The Labute approximate surface area is 127 Å². The van der Waals surface area contributed by atoms with Gasteiger partial charge in [-0.2, -0.15) is 0 Å². The lowest BCUT2D eigenvalue weighted by atomic mass is 9.99. The predicted molar refractivity (Wildman–Crippen MR) is 76.3 cm³/mol. The first-order valence-electron chi connectivity index (χ1n) is 6.93. The van der Waals surface area contributed by atoms with E-state index >= 15 is 0 Å². The molecule has 1 aromatic rings. The van der Waals surface area contributed by atoms with Crippen molar-refractivity contribution in [3.8, 4) is 0 Å². The maximum absolute atomic E-state index is 13.8. The molecule has 1 heterocycles. The van der Waals surface area contributed by atoms with E-state index in [1.54, 1.807) is 11.9 Å². The van der Waals surface area contributed by atoms with Crippen LogP contribution in [-0.2, 0) is 16.0 Å². The molecule has 1 aliphatic rings. The molecule has 0 atom stereocenters. The highest BCUT2D eigenvalue weighted by molar-refractivity contribution is 6.31. The van der Waals surface area contributed by atoms with E-state index in [-0.39, 0.29) is 17.9 Å². The van der Waals surface area contributed by atoms with Gasteiger partial charge in [0.1, 0.15) is 16.7 Å². The van der Waals surface area contributed by atoms with Gasteiger partial charge in [0.25, 0.3) is 0 Å². The van der Waals surface area contributed by atoms with E-state index in [0.29, 0.717) is 12.5 Å². The zero-order chi connectivity index (χ0) is 15.4. The molecular formula is C15H18ClF2NO2. The van der Waals surface area contributed by atoms with Crippen LogP contribution in [0.2, 0.25) is 5.02 Å². The van der Waals surface area contributed by atoms with E-state index < -0.39 is 16.7 Å². The second-order valence-corrected chi connectivity index (χ2v) is 5.72. The van der Waals surface area contributed by atoms with Crippen molar-refractivity contribution >= 4 is 17.5 Å². The smallest absolute Gasteiger partial charge is 0.226 e. The average molecular weight is 318 g/mol. The average Bonchev–Trinajstić information content (AvgIpc) is 2.48. The van der Waals surface area contributed by atoms with Gasteiger partial charge in [-0.15, -0.1) is 0 Å². The Bertz CT molecular complexity index is 519. The number of ether oxygens (including phenoxy) is 1. The van der Waals surface area contributed by atoms with E-state index in [0.717, 1.165) is 32.1 Å². The number of hydrogen-bond acceptors (Lipinski definition) is 2. The van der Waals surface area contributed by atoms with Gasteiger partial charge in [0.15, 0.2) is 0 Å². The van der Waals surface area contributed by atoms with Gasteiger partial charge in [0, 0.05) is 26.8 Å². The van der Waals surface area contributed by atoms with E-state index in [1.807, 2.05) is 0 Å². The van der Waals surface area contributed by atoms with Crippen LogP contribution in [0.15, 0.2) is 12.1 Å². The van der Waals surface area contributed by atoms with Gasteiger partial charge in [-0.25, -0.2) is 8.78 Å². The molecule has 0 radical (unpaired) electrons. The van der Waals surface area contributed by atoms with Crippen LogP contribution in [0.3, 0.4) is 0 Å². The third kappa shape index (κ3) is 4.14. The highest BCUT2D eigenvalue weighted by atomic mass is 35.5. The number of carbonyl (C=O) groups excluding carboxylic acids is 1. The number of carbonyl (C=O) groups is 1. The third-order valence-electron chi connectivity index (χ3n) is 3.76. The summed E-state index contributed by atoms with van der Waals surface area (Å²) in [5.74, 6) is -1.47. The lowest BCUT2D eigenvalue weighted by Crippen LogP contribution is -2.35. The fourth-order valence-corrected chi connectivity index (χ4v) is 2.60. The van der Waals surface area contributed by atoms with Gasteiger partial charge >= 0.3 is 0 Å². The van der Waals surface area contributed by atoms with Crippen LogP contribution in [-0.4, -0.2) is 37.6 Å². The first kappa shape index (κ1) is 16.2. The molecule has 0 spiro atoms. The largest absolute Gasteiger partial charge is 0.381 e. The Morgan fingerprint density at radius 2 is 2.05 bits per heavy atom. The molecule has 1 fully saturated rings. The molecule has 0 N–H and O–H groups in total. The minimum Gasteiger partial charge on any atom is -0.381 e. The molecule has 1 amide bonds. The second-order valence-electron chi connectivity index (χ2n) is 5.34. The number of likely N-dealkylation sites (N-methyl/N-ethyl adjacent to an activating group) is 1. The Morgan fingerprint density at radius 3 is 2.71 bits per heavy atom. The summed E-state index contributed by atoms with van der Waals surface area (Å²) in [6.07, 6.45) is 1.73. The molecule has 0 aliphatic carbocycles. The van der Waals surface area contributed by atoms with Crippen molar-refractivity contribution in [2.75, 3.05) is 26.8 Å². The molecule has 21 heavy (non-hydrogen) atoms. The minimum absolute atomic E-state index is 0.116. The van der Waals surface area contributed by atoms with Crippen molar-refractivity contribution in [3.63, 3.8) is 0 Å². The molecule has 1 saturated heterocycles. The summed E-state index contributed by atoms with van der Waals surface area (Å²) >= 11 is 5.51. The summed E-state index contributed by atoms with van der Waals surface area (Å²) in [7, 11) is 1.70. The lowest BCUT2D eigenvalue weighted by Gasteiger charge is -2.27. The Morgan fingerprint density at radius 1 is 1.38 bits per heavy atom. The van der Waals surface area contributed by atoms with Crippen LogP contribution in [0.4, 0.5) is 8.78 Å². The van der Waals surface area contributed by atoms with Gasteiger partial charge in [-0.1, -0.05) is 17.7 Å². The number of benzene rings is 1. The maximum atomic E-state index is 13.8. The molecule has 1 aliphatic heterocycles. The van der Waals surface area contributed by atoms with Crippen molar-refractivity contribution in [3.05, 3.63) is 34.4 Å². The fraction of sp³-hybridized carbons (Fsp3) is 0.533. The molecule has 2 rings (SSSR count). The van der Waals surface area contributed by atoms with Crippen LogP contribution in [0.5, 0.6) is 0 Å². The summed E-state index contributed by atoms with van der Waals surface area (Å²) in [5.41, 5.74) is 0.116. The summed E-state index contributed by atoms with van der Waals surface area (Å²) < 4.78 is 32.1. The fourth-order valence-electron chi connectivity index (χ4n) is 2.42. The zero-order valence-electron chi connectivity index (χ0n) is 11.9. The monoisotopic (exact) mass is 317 g/mol. The SMILES string of the molecule is CN(CC1CCOCC1)C(=O)Cc1ccc(F)c(Cl)c1F. The zero-order valence-corrected chi connectivity index (χ0v) is 12.6. The Hall–Kier alpha value is -1.20. The van der Waals surface area contributed by atoms with Gasteiger partial charge in [0.05, 0.1) is 6.42 Å². The van der Waals surface area contributed by atoms with E-state index in [4.69, 9.17) is 16.3 Å². The predicted octanol–water partition coefficient (Wildman–Crippen LogP) is 3.05. The Kier molecular flexibility index (Phi) is 5.53. The molecule has 6 heteroatoms. The molecule has 0 unspecified atom stereocenters. The van der Waals surface area contributed by atoms with Gasteiger partial charge < -0.3 is 9.64 Å². The van der Waals surface area contributed by atoms with Gasteiger partial charge in [-0.05, 0) is 30.4 Å². The van der Waals surface area contributed by atoms with E-state index in [9.17, 15) is 13.6 Å². The van der Waals surface area contributed by atoms with Crippen molar-refractivity contribution in [2.24, 2.45) is 5.92 Å². The van der Waals surface area contributed by atoms with Crippen LogP contribution in [0, 0.1) is 17.6 Å². The van der Waals surface area contributed by atoms with E-state index in [1.165, 1.54) is 6.07 Å². The standard InChI is InChI=1S/C15H18ClF2NO2/c1-19(9-10-4-6-21-7-5-10)13(20)8-11-2-3-12(17)14(16)15(11)18/h2-3,10H,4-9H2,1H3. The molecular weight excluding hydrogens is 300 g/mol. The van der Waals surface area contributed by atoms with Crippen LogP contribution in [0.1, 0.15) is 18.4 Å². The summed E-state index contributed by atoms with van der Waals surface area (Å²) in [5, 5.41) is -0.563. The number of hydrogen-bond donors (Lipinski definition) is 0. The normalized spacial score (nSPS) is 16.0. The third-order valence-corrected chi connectivity index (χ3v) is 4.10. The van der Waals surface area contributed by atoms with Crippen LogP contribution < -0.4 is 0 Å². The van der Waals surface area contributed by atoms with Crippen molar-refractivity contribution < 1.29 is 18.3 Å². The molecule has 0 aromatic heterocycles. The van der Waals surface area contributed by atoms with Gasteiger partial charge in [-0.3, -0.25) is 4.79 Å². The summed E-state index contributed by atoms with van der Waals surface area (Å²) in [6, 6.07) is 2.34. The highest BCUT2D eigenvalue weighted by Gasteiger charge is 2.20. The summed E-state index contributed by atoms with van der Waals surface area (Å²) in [4.78, 5) is 13.7. The topological polar surface area (TPSA) is 29.5 Å². The van der Waals surface area contributed by atoms with Crippen molar-refractivity contribution in [1.29, 1.82) is 0 Å². The first-order chi connectivity index (χ1) is 9.99. The van der Waals surface area contributed by atoms with E-state index in [2.05, 4.69) is 0 Å². The highest BCUT2D eigenvalue weighted by Crippen LogP contribution is 2.23. The first-order valence-corrected chi connectivity index (χ1v) is 7.31. The lowest BCUT2D eigenvalue weighted by molar-refractivity contribution is -0.130.